The van der Waals surface area contributed by atoms with E-state index in [1.807, 2.05) is 25.7 Å². The summed E-state index contributed by atoms with van der Waals surface area (Å²) in [7, 11) is 0. The van der Waals surface area contributed by atoms with Crippen LogP contribution in [0.3, 0.4) is 0 Å². The maximum Gasteiger partial charge on any atom is 0.410 e. The predicted octanol–water partition coefficient (Wildman–Crippen LogP) is 1.59. The molecule has 17 heavy (non-hydrogen) atoms. The van der Waals surface area contributed by atoms with Gasteiger partial charge in [-0.05, 0) is 51.4 Å². The van der Waals surface area contributed by atoms with E-state index in [1.165, 1.54) is 6.42 Å². The molecular formula is C13H22N2O2. The summed E-state index contributed by atoms with van der Waals surface area (Å²) in [4.78, 5) is 14.2. The van der Waals surface area contributed by atoms with Gasteiger partial charge >= 0.3 is 6.09 Å². The number of hydrogen-bond acceptors (Lipinski definition) is 3. The normalized spacial score (nSPS) is 42.6. The molecule has 1 aliphatic heterocycles. The molecule has 4 heteroatoms. The molecule has 1 saturated heterocycles. The number of hydrogen-bond donors (Lipinski definition) is 1. The molecule has 2 bridgehead atoms. The number of carbonyl (C=O) groups is 1. The lowest BCUT2D eigenvalue weighted by atomic mass is 9.97. The van der Waals surface area contributed by atoms with Crippen molar-refractivity contribution in [3.05, 3.63) is 0 Å². The van der Waals surface area contributed by atoms with Crippen molar-refractivity contribution in [2.24, 2.45) is 23.5 Å². The van der Waals surface area contributed by atoms with Gasteiger partial charge in [0.1, 0.15) is 5.60 Å². The first-order chi connectivity index (χ1) is 7.92. The first kappa shape index (κ1) is 11.3. The molecule has 4 nitrogen and oxygen atoms in total. The van der Waals surface area contributed by atoms with Crippen LogP contribution in [0.15, 0.2) is 0 Å². The molecule has 0 aromatic carbocycles. The largest absolute Gasteiger partial charge is 0.444 e. The quantitative estimate of drug-likeness (QED) is 0.754. The number of rotatable bonds is 1. The molecule has 2 aliphatic carbocycles. The van der Waals surface area contributed by atoms with Crippen molar-refractivity contribution in [3.63, 3.8) is 0 Å². The predicted molar refractivity (Wildman–Crippen MR) is 64.4 cm³/mol. The van der Waals surface area contributed by atoms with Gasteiger partial charge in [0.05, 0.1) is 6.04 Å². The fraction of sp³-hybridized carbons (Fsp3) is 0.923. The molecule has 3 rings (SSSR count). The highest BCUT2D eigenvalue weighted by atomic mass is 16.6. The van der Waals surface area contributed by atoms with Crippen LogP contribution in [-0.4, -0.2) is 35.2 Å². The molecule has 5 atom stereocenters. The lowest BCUT2D eigenvalue weighted by molar-refractivity contribution is 0.00721. The minimum Gasteiger partial charge on any atom is -0.444 e. The smallest absolute Gasteiger partial charge is 0.410 e. The summed E-state index contributed by atoms with van der Waals surface area (Å²) in [5.41, 5.74) is 5.43. The van der Waals surface area contributed by atoms with Gasteiger partial charge < -0.3 is 15.4 Å². The lowest BCUT2D eigenvalue weighted by Crippen LogP contribution is -2.51. The Balaban J connectivity index is 1.76. The molecule has 0 spiro atoms. The third kappa shape index (κ3) is 1.65. The summed E-state index contributed by atoms with van der Waals surface area (Å²) in [6, 6.07) is 0.631. The van der Waals surface area contributed by atoms with E-state index >= 15 is 0 Å². The molecule has 2 saturated carbocycles. The van der Waals surface area contributed by atoms with Gasteiger partial charge in [-0.3, -0.25) is 0 Å². The Kier molecular flexibility index (Phi) is 2.25. The molecule has 2 N–H and O–H groups in total. The molecule has 1 unspecified atom stereocenters. The summed E-state index contributed by atoms with van der Waals surface area (Å²) < 4.78 is 5.50. The van der Waals surface area contributed by atoms with E-state index in [4.69, 9.17) is 10.5 Å². The Bertz CT molecular complexity index is 350. The molecule has 3 aliphatic rings. The molecule has 0 aromatic rings. The van der Waals surface area contributed by atoms with Crippen LogP contribution < -0.4 is 5.73 Å². The second kappa shape index (κ2) is 3.37. The molecule has 1 amide bonds. The van der Waals surface area contributed by atoms with Gasteiger partial charge in [-0.1, -0.05) is 0 Å². The van der Waals surface area contributed by atoms with E-state index in [2.05, 4.69) is 0 Å². The number of likely N-dealkylation sites (tertiary alicyclic amines) is 1. The van der Waals surface area contributed by atoms with E-state index < -0.39 is 5.60 Å². The SMILES string of the molecule is CC(C)(C)OC(=O)N1C(CN)[C@@H]2C[C@H]1[C@H]1C[C@H]12. The Morgan fingerprint density at radius 3 is 2.59 bits per heavy atom. The fourth-order valence-corrected chi connectivity index (χ4v) is 3.89. The summed E-state index contributed by atoms with van der Waals surface area (Å²) in [5, 5.41) is 0. The van der Waals surface area contributed by atoms with Gasteiger partial charge in [0.15, 0.2) is 0 Å². The summed E-state index contributed by atoms with van der Waals surface area (Å²) >= 11 is 0. The van der Waals surface area contributed by atoms with E-state index in [0.29, 0.717) is 18.5 Å². The van der Waals surface area contributed by atoms with Gasteiger partial charge in [0, 0.05) is 12.6 Å². The zero-order chi connectivity index (χ0) is 12.4. The van der Waals surface area contributed by atoms with Gasteiger partial charge in [-0.25, -0.2) is 4.79 Å². The van der Waals surface area contributed by atoms with E-state index in [-0.39, 0.29) is 12.1 Å². The fourth-order valence-electron chi connectivity index (χ4n) is 3.89. The van der Waals surface area contributed by atoms with Gasteiger partial charge in [-0.2, -0.15) is 0 Å². The second-order valence-corrected chi connectivity index (χ2v) is 6.72. The number of carbonyl (C=O) groups excluding carboxylic acids is 1. The summed E-state index contributed by atoms with van der Waals surface area (Å²) in [6.07, 6.45) is 2.28. The van der Waals surface area contributed by atoms with Crippen LogP contribution in [0.25, 0.3) is 0 Å². The van der Waals surface area contributed by atoms with Crippen molar-refractivity contribution in [2.75, 3.05) is 6.54 Å². The van der Waals surface area contributed by atoms with Crippen LogP contribution in [0.5, 0.6) is 0 Å². The number of nitrogens with two attached hydrogens (primary N) is 1. The summed E-state index contributed by atoms with van der Waals surface area (Å²) in [6.45, 7) is 6.31. The van der Waals surface area contributed by atoms with Gasteiger partial charge in [0.2, 0.25) is 0 Å². The zero-order valence-corrected chi connectivity index (χ0v) is 10.8. The first-order valence-corrected chi connectivity index (χ1v) is 6.64. The lowest BCUT2D eigenvalue weighted by Gasteiger charge is -2.35. The van der Waals surface area contributed by atoms with Crippen molar-refractivity contribution in [3.8, 4) is 0 Å². The molecule has 3 fully saturated rings. The zero-order valence-electron chi connectivity index (χ0n) is 10.8. The average Bonchev–Trinajstić information content (AvgIpc) is 2.82. The Labute approximate surface area is 102 Å². The monoisotopic (exact) mass is 238 g/mol. The van der Waals surface area contributed by atoms with Crippen LogP contribution in [0.1, 0.15) is 33.6 Å². The minimum atomic E-state index is -0.416. The van der Waals surface area contributed by atoms with Crippen LogP contribution >= 0.6 is 0 Å². The highest BCUT2D eigenvalue weighted by Gasteiger charge is 2.65. The molecular weight excluding hydrogens is 216 g/mol. The van der Waals surface area contributed by atoms with Crippen molar-refractivity contribution in [1.29, 1.82) is 0 Å². The van der Waals surface area contributed by atoms with Crippen LogP contribution in [0, 0.1) is 17.8 Å². The Morgan fingerprint density at radius 1 is 1.29 bits per heavy atom. The Morgan fingerprint density at radius 2 is 2.00 bits per heavy atom. The minimum absolute atomic E-state index is 0.161. The maximum absolute atomic E-state index is 12.2. The van der Waals surface area contributed by atoms with E-state index in [1.54, 1.807) is 0 Å². The number of piperidine rings is 1. The van der Waals surface area contributed by atoms with Gasteiger partial charge in [-0.15, -0.1) is 0 Å². The maximum atomic E-state index is 12.2. The van der Waals surface area contributed by atoms with Crippen molar-refractivity contribution >= 4 is 6.09 Å². The molecule has 1 heterocycles. The Hall–Kier alpha value is -0.770. The number of amides is 1. The number of ether oxygens (including phenoxy) is 1. The standard InChI is InChI=1S/C13H22N2O2/c1-13(2,3)17-12(16)15-10-5-9(11(15)6-14)7-4-8(7)10/h7-11H,4-6,14H2,1-3H3/t7-,8+,9-,10+,11?/m1/s1. The van der Waals surface area contributed by atoms with Crippen molar-refractivity contribution in [1.82, 2.24) is 4.90 Å². The topological polar surface area (TPSA) is 55.6 Å². The second-order valence-electron chi connectivity index (χ2n) is 6.72. The number of fused-ring (bicyclic) bond motifs is 5. The average molecular weight is 238 g/mol. The summed E-state index contributed by atoms with van der Waals surface area (Å²) in [5.74, 6) is 2.24. The van der Waals surface area contributed by atoms with E-state index in [9.17, 15) is 4.79 Å². The van der Waals surface area contributed by atoms with Crippen LogP contribution in [0.4, 0.5) is 4.79 Å². The number of nitrogens with zero attached hydrogens (tertiary/aromatic N) is 1. The van der Waals surface area contributed by atoms with Crippen molar-refractivity contribution < 1.29 is 9.53 Å². The van der Waals surface area contributed by atoms with Crippen LogP contribution in [-0.2, 0) is 4.74 Å². The highest BCUT2D eigenvalue weighted by Crippen LogP contribution is 2.63. The van der Waals surface area contributed by atoms with Gasteiger partial charge in [0.25, 0.3) is 0 Å². The first-order valence-electron chi connectivity index (χ1n) is 6.64. The molecule has 0 radical (unpaired) electrons. The van der Waals surface area contributed by atoms with E-state index in [0.717, 1.165) is 18.3 Å². The molecule has 96 valence electrons. The molecule has 0 aromatic heterocycles. The third-order valence-corrected chi connectivity index (χ3v) is 4.50. The third-order valence-electron chi connectivity index (χ3n) is 4.50. The van der Waals surface area contributed by atoms with Crippen molar-refractivity contribution in [2.45, 2.75) is 51.3 Å². The van der Waals surface area contributed by atoms with Crippen LogP contribution in [0.2, 0.25) is 0 Å². The highest BCUT2D eigenvalue weighted by molar-refractivity contribution is 5.70.